The van der Waals surface area contributed by atoms with E-state index in [0.717, 1.165) is 11.3 Å². The van der Waals surface area contributed by atoms with Crippen molar-refractivity contribution in [3.8, 4) is 28.6 Å². The lowest BCUT2D eigenvalue weighted by atomic mass is 10.2. The van der Waals surface area contributed by atoms with E-state index in [0.29, 0.717) is 35.3 Å². The van der Waals surface area contributed by atoms with Crippen molar-refractivity contribution in [1.82, 2.24) is 15.8 Å². The molecule has 0 fully saturated rings. The fourth-order valence-corrected chi connectivity index (χ4v) is 2.88. The Morgan fingerprint density at radius 3 is 2.47 bits per heavy atom. The van der Waals surface area contributed by atoms with E-state index in [1.165, 1.54) is 7.11 Å². The number of hydrazine groups is 1. The molecule has 1 aromatic heterocycles. The third-order valence-corrected chi connectivity index (χ3v) is 4.54. The second-order valence-corrected chi connectivity index (χ2v) is 6.65. The topological polar surface area (TPSA) is 112 Å². The molecule has 3 aromatic rings. The van der Waals surface area contributed by atoms with Crippen molar-refractivity contribution in [2.75, 3.05) is 20.8 Å². The Kier molecular flexibility index (Phi) is 7.69. The second-order valence-electron chi connectivity index (χ2n) is 6.65. The van der Waals surface area contributed by atoms with Crippen LogP contribution >= 0.6 is 0 Å². The number of aromatic nitrogens is 1. The highest BCUT2D eigenvalue weighted by molar-refractivity contribution is 5.96. The molecule has 32 heavy (non-hydrogen) atoms. The number of oxazole rings is 1. The van der Waals surface area contributed by atoms with E-state index in [1.807, 2.05) is 31.2 Å². The van der Waals surface area contributed by atoms with Crippen LogP contribution in [0.3, 0.4) is 0 Å². The molecule has 0 atom stereocenters. The smallest absolute Gasteiger partial charge is 0.269 e. The fraction of sp³-hybridized carbons (Fsp3) is 0.261. The first-order chi connectivity index (χ1) is 15.5. The van der Waals surface area contributed by atoms with Crippen molar-refractivity contribution in [3.05, 3.63) is 60.1 Å². The Bertz CT molecular complexity index is 1060. The highest BCUT2D eigenvalue weighted by Crippen LogP contribution is 2.28. The maximum Gasteiger partial charge on any atom is 0.269 e. The minimum absolute atomic E-state index is 0.0927. The van der Waals surface area contributed by atoms with Gasteiger partial charge in [0.25, 0.3) is 5.91 Å². The lowest BCUT2D eigenvalue weighted by Gasteiger charge is -2.11. The Balaban J connectivity index is 1.49. The van der Waals surface area contributed by atoms with Gasteiger partial charge in [0.2, 0.25) is 5.91 Å². The van der Waals surface area contributed by atoms with Crippen molar-refractivity contribution < 1.29 is 28.2 Å². The fourth-order valence-electron chi connectivity index (χ4n) is 2.88. The molecule has 0 saturated carbocycles. The van der Waals surface area contributed by atoms with Gasteiger partial charge in [0.1, 0.15) is 5.75 Å². The van der Waals surface area contributed by atoms with E-state index in [1.54, 1.807) is 31.5 Å². The van der Waals surface area contributed by atoms with E-state index in [-0.39, 0.29) is 18.7 Å². The van der Waals surface area contributed by atoms with E-state index in [4.69, 9.17) is 18.6 Å². The number of nitrogens with zero attached hydrogens (tertiary/aromatic N) is 1. The molecule has 9 heteroatoms. The number of aryl methyl sites for hydroxylation is 1. The highest BCUT2D eigenvalue weighted by atomic mass is 16.5. The highest BCUT2D eigenvalue weighted by Gasteiger charge is 2.13. The van der Waals surface area contributed by atoms with Gasteiger partial charge in [0, 0.05) is 24.0 Å². The van der Waals surface area contributed by atoms with Gasteiger partial charge >= 0.3 is 0 Å². The third-order valence-electron chi connectivity index (χ3n) is 4.54. The summed E-state index contributed by atoms with van der Waals surface area (Å²) in [4.78, 5) is 28.6. The van der Waals surface area contributed by atoms with Crippen LogP contribution in [0.1, 0.15) is 29.6 Å². The number of ether oxygens (including phenoxy) is 3. The Hall–Kier alpha value is -4.01. The van der Waals surface area contributed by atoms with Gasteiger partial charge in [-0.25, -0.2) is 4.98 Å². The lowest BCUT2D eigenvalue weighted by Crippen LogP contribution is -2.41. The van der Waals surface area contributed by atoms with Crippen molar-refractivity contribution in [1.29, 1.82) is 0 Å². The number of hydrogen-bond acceptors (Lipinski definition) is 7. The lowest BCUT2D eigenvalue weighted by molar-refractivity contribution is -0.121. The van der Waals surface area contributed by atoms with Gasteiger partial charge in [0.15, 0.2) is 23.1 Å². The van der Waals surface area contributed by atoms with Crippen LogP contribution in [0.2, 0.25) is 0 Å². The monoisotopic (exact) mass is 439 g/mol. The van der Waals surface area contributed by atoms with Crippen LogP contribution in [0.4, 0.5) is 0 Å². The van der Waals surface area contributed by atoms with Gasteiger partial charge in [-0.2, -0.15) is 0 Å². The molecule has 2 amide bonds. The zero-order chi connectivity index (χ0) is 22.9. The molecule has 0 radical (unpaired) electrons. The molecule has 9 nitrogen and oxygen atoms in total. The molecule has 0 aliphatic carbocycles. The molecule has 1 heterocycles. The van der Waals surface area contributed by atoms with Gasteiger partial charge in [-0.15, -0.1) is 0 Å². The van der Waals surface area contributed by atoms with Crippen LogP contribution in [0, 0.1) is 0 Å². The summed E-state index contributed by atoms with van der Waals surface area (Å²) < 4.78 is 21.5. The predicted octanol–water partition coefficient (Wildman–Crippen LogP) is 3.15. The van der Waals surface area contributed by atoms with Gasteiger partial charge in [-0.1, -0.05) is 0 Å². The zero-order valence-corrected chi connectivity index (χ0v) is 18.1. The summed E-state index contributed by atoms with van der Waals surface area (Å²) in [7, 11) is 3.09. The standard InChI is InChI=1S/C23H25N3O6/c1-4-31-18-10-7-16(13-19(18)30-3)23(28)26-25-21(27)11-12-22-24-14-20(32-22)15-5-8-17(29-2)9-6-15/h5-10,13-14H,4,11-12H2,1-3H3,(H,25,27)(H,26,28). The second kappa shape index (κ2) is 10.9. The van der Waals surface area contributed by atoms with Crippen LogP contribution in [0.25, 0.3) is 11.3 Å². The summed E-state index contributed by atoms with van der Waals surface area (Å²) in [5.41, 5.74) is 5.94. The first kappa shape index (κ1) is 22.7. The summed E-state index contributed by atoms with van der Waals surface area (Å²) in [6.07, 6.45) is 1.99. The van der Waals surface area contributed by atoms with E-state index in [9.17, 15) is 9.59 Å². The zero-order valence-electron chi connectivity index (χ0n) is 18.1. The maximum absolute atomic E-state index is 12.3. The molecule has 0 saturated heterocycles. The van der Waals surface area contributed by atoms with E-state index < -0.39 is 5.91 Å². The van der Waals surface area contributed by atoms with E-state index in [2.05, 4.69) is 15.8 Å². The molecule has 0 aliphatic heterocycles. The van der Waals surface area contributed by atoms with Crippen LogP contribution < -0.4 is 25.1 Å². The number of amides is 2. The predicted molar refractivity (Wildman–Crippen MR) is 117 cm³/mol. The van der Waals surface area contributed by atoms with Crippen LogP contribution in [-0.4, -0.2) is 37.6 Å². The SMILES string of the molecule is CCOc1ccc(C(=O)NNC(=O)CCc2ncc(-c3ccc(OC)cc3)o2)cc1OC. The summed E-state index contributed by atoms with van der Waals surface area (Å²) in [6.45, 7) is 2.33. The molecule has 0 spiro atoms. The van der Waals surface area contributed by atoms with Gasteiger partial charge in [0.05, 0.1) is 27.0 Å². The minimum Gasteiger partial charge on any atom is -0.497 e. The quantitative estimate of drug-likeness (QED) is 0.493. The number of carbonyl (C=O) groups excluding carboxylic acids is 2. The summed E-state index contributed by atoms with van der Waals surface area (Å²) >= 11 is 0. The van der Waals surface area contributed by atoms with Gasteiger partial charge in [-0.3, -0.25) is 20.4 Å². The number of carbonyl (C=O) groups is 2. The number of benzene rings is 2. The maximum atomic E-state index is 12.3. The first-order valence-corrected chi connectivity index (χ1v) is 10.0. The molecular formula is C23H25N3O6. The molecule has 0 bridgehead atoms. The van der Waals surface area contributed by atoms with Crippen molar-refractivity contribution >= 4 is 11.8 Å². The normalized spacial score (nSPS) is 10.3. The number of hydrogen-bond donors (Lipinski definition) is 2. The first-order valence-electron chi connectivity index (χ1n) is 10.0. The van der Waals surface area contributed by atoms with Crippen LogP contribution in [0.5, 0.6) is 17.2 Å². The Labute approximate surface area is 185 Å². The minimum atomic E-state index is -0.474. The molecule has 0 unspecified atom stereocenters. The molecule has 3 rings (SSSR count). The van der Waals surface area contributed by atoms with Crippen molar-refractivity contribution in [3.63, 3.8) is 0 Å². The third kappa shape index (κ3) is 5.78. The average molecular weight is 439 g/mol. The van der Waals surface area contributed by atoms with Gasteiger partial charge in [-0.05, 0) is 49.4 Å². The number of methoxy groups -OCH3 is 2. The van der Waals surface area contributed by atoms with E-state index >= 15 is 0 Å². The van der Waals surface area contributed by atoms with Gasteiger partial charge < -0.3 is 18.6 Å². The number of nitrogens with one attached hydrogen (secondary N) is 2. The summed E-state index contributed by atoms with van der Waals surface area (Å²) in [6, 6.07) is 12.1. The van der Waals surface area contributed by atoms with Crippen molar-refractivity contribution in [2.24, 2.45) is 0 Å². The van der Waals surface area contributed by atoms with Crippen molar-refractivity contribution in [2.45, 2.75) is 19.8 Å². The van der Waals surface area contributed by atoms with Crippen LogP contribution in [-0.2, 0) is 11.2 Å². The Morgan fingerprint density at radius 2 is 1.78 bits per heavy atom. The summed E-state index contributed by atoms with van der Waals surface area (Å²) in [5.74, 6) is 1.89. The molecule has 2 N–H and O–H groups in total. The summed E-state index contributed by atoms with van der Waals surface area (Å²) in [5, 5.41) is 0. The Morgan fingerprint density at radius 1 is 1.00 bits per heavy atom. The van der Waals surface area contributed by atoms with Crippen LogP contribution in [0.15, 0.2) is 53.1 Å². The molecular weight excluding hydrogens is 414 g/mol. The average Bonchev–Trinajstić information content (AvgIpc) is 3.30. The largest absolute Gasteiger partial charge is 0.497 e. The molecule has 2 aromatic carbocycles. The molecule has 168 valence electrons. The molecule has 0 aliphatic rings. The number of rotatable bonds is 9.